The SMILES string of the molecule is OCC1(Cc2nccs2)CCCCO1. The van der Waals surface area contributed by atoms with E-state index in [4.69, 9.17) is 4.74 Å². The molecule has 0 aromatic carbocycles. The van der Waals surface area contributed by atoms with E-state index >= 15 is 0 Å². The number of hydrogen-bond acceptors (Lipinski definition) is 4. The van der Waals surface area contributed by atoms with Crippen LogP contribution in [0.1, 0.15) is 24.3 Å². The van der Waals surface area contributed by atoms with Gasteiger partial charge < -0.3 is 9.84 Å². The van der Waals surface area contributed by atoms with Crippen LogP contribution < -0.4 is 0 Å². The standard InChI is InChI=1S/C10H15NO2S/c12-8-10(3-1-2-5-13-10)7-9-11-4-6-14-9/h4,6,12H,1-3,5,7-8H2. The van der Waals surface area contributed by atoms with Gasteiger partial charge >= 0.3 is 0 Å². The summed E-state index contributed by atoms with van der Waals surface area (Å²) in [6.45, 7) is 0.874. The summed E-state index contributed by atoms with van der Waals surface area (Å²) in [6.07, 6.45) is 5.75. The molecule has 0 aliphatic carbocycles. The second kappa shape index (κ2) is 4.38. The van der Waals surface area contributed by atoms with Gasteiger partial charge in [-0.25, -0.2) is 4.98 Å². The third kappa shape index (κ3) is 2.13. The van der Waals surface area contributed by atoms with Crippen molar-refractivity contribution in [2.24, 2.45) is 0 Å². The second-order valence-electron chi connectivity index (χ2n) is 3.75. The number of aromatic nitrogens is 1. The lowest BCUT2D eigenvalue weighted by atomic mass is 9.91. The third-order valence-corrected chi connectivity index (χ3v) is 3.46. The van der Waals surface area contributed by atoms with Crippen LogP contribution in [-0.4, -0.2) is 28.9 Å². The molecule has 2 rings (SSSR count). The fourth-order valence-corrected chi connectivity index (χ4v) is 2.59. The van der Waals surface area contributed by atoms with Crippen LogP contribution in [0.2, 0.25) is 0 Å². The molecule has 0 radical (unpaired) electrons. The van der Waals surface area contributed by atoms with E-state index in [1.54, 1.807) is 17.5 Å². The zero-order valence-electron chi connectivity index (χ0n) is 8.11. The maximum absolute atomic E-state index is 9.39. The molecule has 1 aliphatic heterocycles. The lowest BCUT2D eigenvalue weighted by Crippen LogP contribution is -2.42. The van der Waals surface area contributed by atoms with Crippen LogP contribution in [0.5, 0.6) is 0 Å². The summed E-state index contributed by atoms with van der Waals surface area (Å²) in [7, 11) is 0. The summed E-state index contributed by atoms with van der Waals surface area (Å²) in [6, 6.07) is 0. The molecule has 1 aliphatic rings. The van der Waals surface area contributed by atoms with Gasteiger partial charge in [-0.2, -0.15) is 0 Å². The minimum Gasteiger partial charge on any atom is -0.393 e. The van der Waals surface area contributed by atoms with Crippen molar-refractivity contribution in [2.45, 2.75) is 31.3 Å². The van der Waals surface area contributed by atoms with Crippen LogP contribution in [0, 0.1) is 0 Å². The van der Waals surface area contributed by atoms with E-state index in [1.807, 2.05) is 5.38 Å². The molecule has 3 nitrogen and oxygen atoms in total. The van der Waals surface area contributed by atoms with Gasteiger partial charge in [-0.05, 0) is 19.3 Å². The smallest absolute Gasteiger partial charge is 0.0975 e. The summed E-state index contributed by atoms with van der Waals surface area (Å²) in [4.78, 5) is 4.23. The van der Waals surface area contributed by atoms with Crippen molar-refractivity contribution in [1.82, 2.24) is 4.98 Å². The lowest BCUT2D eigenvalue weighted by molar-refractivity contribution is -0.107. The van der Waals surface area contributed by atoms with Crippen molar-refractivity contribution in [3.8, 4) is 0 Å². The number of hydrogen-bond donors (Lipinski definition) is 1. The average Bonchev–Trinajstić information content (AvgIpc) is 2.72. The van der Waals surface area contributed by atoms with E-state index in [-0.39, 0.29) is 12.2 Å². The molecular weight excluding hydrogens is 198 g/mol. The van der Waals surface area contributed by atoms with Gasteiger partial charge in [-0.15, -0.1) is 11.3 Å². The maximum atomic E-state index is 9.39. The Morgan fingerprint density at radius 2 is 2.50 bits per heavy atom. The van der Waals surface area contributed by atoms with Gasteiger partial charge in [0.25, 0.3) is 0 Å². The highest BCUT2D eigenvalue weighted by Gasteiger charge is 2.33. The van der Waals surface area contributed by atoms with Crippen molar-refractivity contribution < 1.29 is 9.84 Å². The summed E-state index contributed by atoms with van der Waals surface area (Å²) < 4.78 is 5.70. The van der Waals surface area contributed by atoms with Crippen molar-refractivity contribution in [1.29, 1.82) is 0 Å². The molecule has 14 heavy (non-hydrogen) atoms. The van der Waals surface area contributed by atoms with Crippen LogP contribution in [0.25, 0.3) is 0 Å². The number of ether oxygens (including phenoxy) is 1. The largest absolute Gasteiger partial charge is 0.393 e. The van der Waals surface area contributed by atoms with Crippen molar-refractivity contribution in [2.75, 3.05) is 13.2 Å². The average molecular weight is 213 g/mol. The first-order valence-electron chi connectivity index (χ1n) is 4.98. The van der Waals surface area contributed by atoms with E-state index in [0.717, 1.165) is 37.3 Å². The van der Waals surface area contributed by atoms with Gasteiger partial charge in [0, 0.05) is 24.6 Å². The van der Waals surface area contributed by atoms with E-state index in [0.29, 0.717) is 0 Å². The first kappa shape index (κ1) is 10.1. The Hall–Kier alpha value is -0.450. The van der Waals surface area contributed by atoms with Gasteiger partial charge in [0.15, 0.2) is 0 Å². The number of thiazole rings is 1. The highest BCUT2D eigenvalue weighted by atomic mass is 32.1. The Balaban J connectivity index is 2.04. The van der Waals surface area contributed by atoms with Crippen LogP contribution in [0.3, 0.4) is 0 Å². The summed E-state index contributed by atoms with van der Waals surface area (Å²) in [5.74, 6) is 0. The Morgan fingerprint density at radius 3 is 3.07 bits per heavy atom. The molecule has 1 saturated heterocycles. The first-order valence-corrected chi connectivity index (χ1v) is 5.86. The Kier molecular flexibility index (Phi) is 3.15. The minimum absolute atomic E-state index is 0.104. The molecule has 1 unspecified atom stereocenters. The topological polar surface area (TPSA) is 42.4 Å². The highest BCUT2D eigenvalue weighted by molar-refractivity contribution is 7.09. The normalized spacial score (nSPS) is 27.8. The summed E-state index contributed by atoms with van der Waals surface area (Å²) >= 11 is 1.63. The second-order valence-corrected chi connectivity index (χ2v) is 4.73. The summed E-state index contributed by atoms with van der Waals surface area (Å²) in [5.41, 5.74) is -0.351. The predicted molar refractivity (Wildman–Crippen MR) is 55.4 cm³/mol. The molecule has 78 valence electrons. The molecule has 1 atom stereocenters. The Morgan fingerprint density at radius 1 is 1.57 bits per heavy atom. The third-order valence-electron chi connectivity index (χ3n) is 2.68. The predicted octanol–water partition coefficient (Wildman–Crippen LogP) is 1.62. The van der Waals surface area contributed by atoms with Gasteiger partial charge in [-0.1, -0.05) is 0 Å². The van der Waals surface area contributed by atoms with E-state index in [9.17, 15) is 5.11 Å². The van der Waals surface area contributed by atoms with Crippen molar-refractivity contribution >= 4 is 11.3 Å². The van der Waals surface area contributed by atoms with Crippen LogP contribution in [0.4, 0.5) is 0 Å². The van der Waals surface area contributed by atoms with Crippen LogP contribution >= 0.6 is 11.3 Å². The molecule has 4 heteroatoms. The molecule has 1 aromatic rings. The first-order chi connectivity index (χ1) is 6.85. The van der Waals surface area contributed by atoms with Crippen molar-refractivity contribution in [3.63, 3.8) is 0 Å². The van der Waals surface area contributed by atoms with Gasteiger partial charge in [-0.3, -0.25) is 0 Å². The fourth-order valence-electron chi connectivity index (χ4n) is 1.85. The van der Waals surface area contributed by atoms with E-state index < -0.39 is 0 Å². The van der Waals surface area contributed by atoms with Gasteiger partial charge in [0.1, 0.15) is 0 Å². The molecular formula is C10H15NO2S. The van der Waals surface area contributed by atoms with Crippen LogP contribution in [0.15, 0.2) is 11.6 Å². The van der Waals surface area contributed by atoms with Gasteiger partial charge in [0.2, 0.25) is 0 Å². The van der Waals surface area contributed by atoms with Crippen LogP contribution in [-0.2, 0) is 11.2 Å². The molecule has 1 fully saturated rings. The quantitative estimate of drug-likeness (QED) is 0.829. The molecule has 0 spiro atoms. The molecule has 0 saturated carbocycles. The summed E-state index contributed by atoms with van der Waals surface area (Å²) in [5, 5.41) is 12.4. The van der Waals surface area contributed by atoms with Gasteiger partial charge in [0.05, 0.1) is 17.2 Å². The monoisotopic (exact) mass is 213 g/mol. The molecule has 1 N–H and O–H groups in total. The number of aliphatic hydroxyl groups excluding tert-OH is 1. The maximum Gasteiger partial charge on any atom is 0.0975 e. The zero-order chi connectivity index (χ0) is 9.86. The molecule has 2 heterocycles. The number of nitrogens with zero attached hydrogens (tertiary/aromatic N) is 1. The zero-order valence-corrected chi connectivity index (χ0v) is 8.92. The number of rotatable bonds is 3. The minimum atomic E-state index is -0.351. The molecule has 0 amide bonds. The number of aliphatic hydroxyl groups is 1. The van der Waals surface area contributed by atoms with E-state index in [1.165, 1.54) is 0 Å². The Labute approximate surface area is 87.7 Å². The fraction of sp³-hybridized carbons (Fsp3) is 0.700. The Bertz CT molecular complexity index is 268. The highest BCUT2D eigenvalue weighted by Crippen LogP contribution is 2.28. The van der Waals surface area contributed by atoms with Crippen molar-refractivity contribution in [3.05, 3.63) is 16.6 Å². The molecule has 1 aromatic heterocycles. The lowest BCUT2D eigenvalue weighted by Gasteiger charge is -2.35. The van der Waals surface area contributed by atoms with E-state index in [2.05, 4.69) is 4.98 Å². The molecule has 0 bridgehead atoms.